The molecule has 0 bridgehead atoms. The van der Waals surface area contributed by atoms with E-state index in [1.807, 2.05) is 54.0 Å². The van der Waals surface area contributed by atoms with Crippen molar-refractivity contribution in [3.63, 3.8) is 0 Å². The molecule has 2 unspecified atom stereocenters. The van der Waals surface area contributed by atoms with Gasteiger partial charge in [-0.05, 0) is 51.1 Å². The van der Waals surface area contributed by atoms with Crippen molar-refractivity contribution in [3.8, 4) is 28.0 Å². The van der Waals surface area contributed by atoms with Crippen molar-refractivity contribution in [3.05, 3.63) is 53.0 Å². The molecule has 2 atom stereocenters. The van der Waals surface area contributed by atoms with Gasteiger partial charge in [-0.15, -0.1) is 22.7 Å². The summed E-state index contributed by atoms with van der Waals surface area (Å²) in [5, 5.41) is 8.69. The van der Waals surface area contributed by atoms with Gasteiger partial charge in [-0.25, -0.2) is 4.39 Å². The molecule has 1 aliphatic heterocycles. The lowest BCUT2D eigenvalue weighted by molar-refractivity contribution is 0.149. The molecule has 1 saturated heterocycles. The van der Waals surface area contributed by atoms with Gasteiger partial charge >= 0.3 is 0 Å². The lowest BCUT2D eigenvalue weighted by Gasteiger charge is -2.33. The predicted octanol–water partition coefficient (Wildman–Crippen LogP) is 6.20. The molecule has 4 aromatic rings. The van der Waals surface area contributed by atoms with Crippen LogP contribution in [0.3, 0.4) is 0 Å². The SMILES string of the molecule is COc1cc(P(C)(C)=O)ccc1NCC#Cc1sc2c(NC3CCN(C)CC3F)cccc2c1-c1cncs1. The van der Waals surface area contributed by atoms with E-state index in [0.29, 0.717) is 18.8 Å². The van der Waals surface area contributed by atoms with Gasteiger partial charge in [-0.1, -0.05) is 24.0 Å². The van der Waals surface area contributed by atoms with Crippen LogP contribution in [0.15, 0.2) is 48.1 Å². The highest BCUT2D eigenvalue weighted by Gasteiger charge is 2.28. The van der Waals surface area contributed by atoms with Crippen molar-refractivity contribution in [2.45, 2.75) is 18.6 Å². The van der Waals surface area contributed by atoms with E-state index >= 15 is 0 Å². The molecule has 0 radical (unpaired) electrons. The molecule has 1 fully saturated rings. The normalized spacial score (nSPS) is 18.0. The number of thiazole rings is 1. The van der Waals surface area contributed by atoms with Crippen molar-refractivity contribution < 1.29 is 13.7 Å². The van der Waals surface area contributed by atoms with Gasteiger partial charge in [0.1, 0.15) is 19.1 Å². The van der Waals surface area contributed by atoms with Crippen molar-refractivity contribution in [1.82, 2.24) is 9.88 Å². The molecule has 0 amide bonds. The Balaban J connectivity index is 1.43. The van der Waals surface area contributed by atoms with Crippen LogP contribution in [0.25, 0.3) is 20.5 Å². The van der Waals surface area contributed by atoms with Crippen LogP contribution in [0.5, 0.6) is 5.75 Å². The summed E-state index contributed by atoms with van der Waals surface area (Å²) in [5.74, 6) is 7.27. The van der Waals surface area contributed by atoms with E-state index in [1.165, 1.54) is 0 Å². The van der Waals surface area contributed by atoms with Gasteiger partial charge in [-0.3, -0.25) is 4.98 Å². The molecule has 3 heterocycles. The van der Waals surface area contributed by atoms with Gasteiger partial charge < -0.3 is 24.8 Å². The third kappa shape index (κ3) is 6.15. The van der Waals surface area contributed by atoms with Gasteiger partial charge in [0.15, 0.2) is 0 Å². The minimum Gasteiger partial charge on any atom is -0.495 e. The Bertz CT molecular complexity index is 1570. The second-order valence-electron chi connectivity index (χ2n) is 10.1. The maximum atomic E-state index is 14.8. The lowest BCUT2D eigenvalue weighted by atomic mass is 10.0. The Morgan fingerprint density at radius 2 is 2.10 bits per heavy atom. The number of fused-ring (bicyclic) bond motifs is 1. The zero-order chi connectivity index (χ0) is 27.6. The molecule has 6 nitrogen and oxygen atoms in total. The smallest absolute Gasteiger partial charge is 0.142 e. The number of nitrogens with zero attached hydrogens (tertiary/aromatic N) is 2. The summed E-state index contributed by atoms with van der Waals surface area (Å²) in [6.45, 7) is 5.22. The highest BCUT2D eigenvalue weighted by molar-refractivity contribution is 7.70. The van der Waals surface area contributed by atoms with Gasteiger partial charge in [0.25, 0.3) is 0 Å². The average molecular weight is 583 g/mol. The summed E-state index contributed by atoms with van der Waals surface area (Å²) < 4.78 is 33.9. The fourth-order valence-corrected chi connectivity index (χ4v) is 7.53. The molecule has 0 saturated carbocycles. The van der Waals surface area contributed by atoms with Crippen molar-refractivity contribution in [2.75, 3.05) is 57.8 Å². The average Bonchev–Trinajstić information content (AvgIpc) is 3.55. The minimum absolute atomic E-state index is 0.213. The monoisotopic (exact) mass is 582 g/mol. The Kier molecular flexibility index (Phi) is 8.29. The summed E-state index contributed by atoms with van der Waals surface area (Å²) in [5.41, 5.74) is 4.64. The molecule has 0 spiro atoms. The summed E-state index contributed by atoms with van der Waals surface area (Å²) >= 11 is 3.21. The van der Waals surface area contributed by atoms with Gasteiger partial charge in [0.2, 0.25) is 0 Å². The number of likely N-dealkylation sites (tertiary alicyclic amines) is 1. The first-order chi connectivity index (χ1) is 18.7. The van der Waals surface area contributed by atoms with Crippen LogP contribution in [0.2, 0.25) is 0 Å². The first-order valence-corrected chi connectivity index (χ1v) is 17.0. The van der Waals surface area contributed by atoms with Crippen LogP contribution in [-0.2, 0) is 4.57 Å². The number of ether oxygens (including phenoxy) is 1. The number of nitrogens with one attached hydrogen (secondary N) is 2. The van der Waals surface area contributed by atoms with Crippen LogP contribution in [-0.4, -0.2) is 69.2 Å². The molecule has 2 N–H and O–H groups in total. The summed E-state index contributed by atoms with van der Waals surface area (Å²) in [6.07, 6.45) is 1.72. The highest BCUT2D eigenvalue weighted by Crippen LogP contribution is 2.43. The number of methoxy groups -OCH3 is 1. The zero-order valence-electron chi connectivity index (χ0n) is 22.5. The number of halogens is 1. The minimum atomic E-state index is -2.38. The number of hydrogen-bond donors (Lipinski definition) is 2. The topological polar surface area (TPSA) is 66.5 Å². The Morgan fingerprint density at radius 3 is 2.82 bits per heavy atom. The van der Waals surface area contributed by atoms with Gasteiger partial charge in [-0.2, -0.15) is 0 Å². The van der Waals surface area contributed by atoms with Crippen LogP contribution >= 0.6 is 29.8 Å². The molecule has 2 aromatic carbocycles. The molecular formula is C29H32FN4O2PS2. The van der Waals surface area contributed by atoms with Gasteiger partial charge in [0, 0.05) is 35.5 Å². The summed E-state index contributed by atoms with van der Waals surface area (Å²) in [7, 11) is 1.18. The van der Waals surface area contributed by atoms with Crippen molar-refractivity contribution >= 4 is 56.6 Å². The number of aromatic nitrogens is 1. The third-order valence-corrected chi connectivity index (χ3v) is 10.3. The molecule has 39 heavy (non-hydrogen) atoms. The largest absolute Gasteiger partial charge is 0.495 e. The molecule has 2 aromatic heterocycles. The molecule has 1 aliphatic rings. The number of hydrogen-bond acceptors (Lipinski definition) is 8. The maximum Gasteiger partial charge on any atom is 0.142 e. The number of thiophene rings is 1. The summed E-state index contributed by atoms with van der Waals surface area (Å²) in [4.78, 5) is 8.34. The molecule has 10 heteroatoms. The number of anilines is 2. The van der Waals surface area contributed by atoms with Crippen LogP contribution in [0.4, 0.5) is 15.8 Å². The Labute approximate surface area is 237 Å². The van der Waals surface area contributed by atoms with E-state index in [0.717, 1.165) is 55.0 Å². The fourth-order valence-electron chi connectivity index (χ4n) is 4.75. The molecule has 5 rings (SSSR count). The Morgan fingerprint density at radius 1 is 1.26 bits per heavy atom. The van der Waals surface area contributed by atoms with Crippen LogP contribution in [0, 0.1) is 11.8 Å². The highest BCUT2D eigenvalue weighted by atomic mass is 32.1. The maximum absolute atomic E-state index is 14.8. The van der Waals surface area contributed by atoms with E-state index < -0.39 is 13.3 Å². The molecule has 204 valence electrons. The van der Waals surface area contributed by atoms with E-state index in [1.54, 1.807) is 43.1 Å². The Hall–Kier alpha value is -2.89. The second kappa shape index (κ2) is 11.7. The molecule has 0 aliphatic carbocycles. The standard InChI is InChI=1S/C29H32FN4O2PS2/c1-34-14-12-22(21(30)17-34)33-24-8-5-7-20-28(27-16-31-18-38-27)26(39-29(20)24)9-6-13-32-23-11-10-19(37(3,4)35)15-25(23)36-2/h5,7-8,10-11,15-16,18,21-22,32-33H,12-14,17H2,1-4H3. The van der Waals surface area contributed by atoms with Crippen molar-refractivity contribution in [1.29, 1.82) is 0 Å². The van der Waals surface area contributed by atoms with Crippen LogP contribution in [0.1, 0.15) is 11.3 Å². The zero-order valence-corrected chi connectivity index (χ0v) is 25.0. The molecular weight excluding hydrogens is 550 g/mol. The first kappa shape index (κ1) is 27.7. The van der Waals surface area contributed by atoms with Crippen molar-refractivity contribution in [2.24, 2.45) is 0 Å². The van der Waals surface area contributed by atoms with Gasteiger partial charge in [0.05, 0.1) is 51.0 Å². The van der Waals surface area contributed by atoms with Crippen LogP contribution < -0.4 is 20.7 Å². The number of alkyl halides is 1. The lowest BCUT2D eigenvalue weighted by Crippen LogP contribution is -2.46. The number of benzene rings is 2. The van der Waals surface area contributed by atoms with E-state index in [4.69, 9.17) is 4.74 Å². The second-order valence-corrected chi connectivity index (χ2v) is 15.2. The van der Waals surface area contributed by atoms with E-state index in [-0.39, 0.29) is 6.04 Å². The number of rotatable bonds is 7. The number of piperidine rings is 1. The van der Waals surface area contributed by atoms with E-state index in [2.05, 4.69) is 33.5 Å². The summed E-state index contributed by atoms with van der Waals surface area (Å²) in [6, 6.07) is 11.5. The first-order valence-electron chi connectivity index (χ1n) is 12.7. The third-order valence-electron chi connectivity index (χ3n) is 6.86. The fraction of sp³-hybridized carbons (Fsp3) is 0.345. The predicted molar refractivity (Wildman–Crippen MR) is 165 cm³/mol. The van der Waals surface area contributed by atoms with E-state index in [9.17, 15) is 8.96 Å². The quantitative estimate of drug-likeness (QED) is 0.200.